The van der Waals surface area contributed by atoms with Crippen LogP contribution in [-0.4, -0.2) is 36.6 Å². The molecule has 0 fully saturated rings. The molecule has 1 unspecified atom stereocenters. The van der Waals surface area contributed by atoms with E-state index >= 15 is 0 Å². The summed E-state index contributed by atoms with van der Waals surface area (Å²) in [7, 11) is 4.12. The van der Waals surface area contributed by atoms with Gasteiger partial charge in [-0.25, -0.2) is 0 Å². The van der Waals surface area contributed by atoms with E-state index in [0.717, 1.165) is 17.8 Å². The third-order valence-corrected chi connectivity index (χ3v) is 2.70. The van der Waals surface area contributed by atoms with E-state index in [1.807, 2.05) is 12.1 Å². The van der Waals surface area contributed by atoms with Gasteiger partial charge in [0.2, 0.25) is 0 Å². The van der Waals surface area contributed by atoms with Gasteiger partial charge in [-0.2, -0.15) is 0 Å². The van der Waals surface area contributed by atoms with Crippen molar-refractivity contribution >= 4 is 22.9 Å². The Labute approximate surface area is 109 Å². The molecule has 4 heteroatoms. The Bertz CT molecular complexity index is 402. The highest BCUT2D eigenvalue weighted by Gasteiger charge is 2.09. The Kier molecular flexibility index (Phi) is 4.90. The van der Waals surface area contributed by atoms with Crippen LogP contribution < -0.4 is 11.1 Å². The van der Waals surface area contributed by atoms with E-state index in [2.05, 4.69) is 44.2 Å². The average Bonchev–Trinajstić information content (AvgIpc) is 2.15. The minimum Gasteiger partial charge on any atom is -0.389 e. The molecule has 0 radical (unpaired) electrons. The zero-order chi connectivity index (χ0) is 13.0. The Balaban J connectivity index is 2.88. The minimum atomic E-state index is 0.347. The van der Waals surface area contributed by atoms with Crippen LogP contribution in [0.3, 0.4) is 0 Å². The van der Waals surface area contributed by atoms with Crippen LogP contribution in [0.4, 0.5) is 5.69 Å². The normalized spacial score (nSPS) is 12.5. The average molecular weight is 251 g/mol. The molecule has 0 saturated heterocycles. The summed E-state index contributed by atoms with van der Waals surface area (Å²) < 4.78 is 0. The molecule has 0 aromatic heterocycles. The smallest absolute Gasteiger partial charge is 0.106 e. The Morgan fingerprint density at radius 2 is 2.12 bits per heavy atom. The topological polar surface area (TPSA) is 41.3 Å². The number of hydrogen-bond acceptors (Lipinski definition) is 3. The maximum Gasteiger partial charge on any atom is 0.106 e. The number of thiocarbonyl (C=S) groups is 1. The summed E-state index contributed by atoms with van der Waals surface area (Å²) >= 11 is 5.06. The van der Waals surface area contributed by atoms with Crippen molar-refractivity contribution in [2.45, 2.75) is 19.9 Å². The fourth-order valence-electron chi connectivity index (χ4n) is 1.85. The molecule has 0 aliphatic heterocycles. The van der Waals surface area contributed by atoms with E-state index in [4.69, 9.17) is 18.0 Å². The third-order valence-electron chi connectivity index (χ3n) is 2.48. The standard InChI is InChI=1S/C13H21N3S/c1-9-5-6-11(13(14)17)12(7-9)15-10(2)8-16(3)4/h5-7,10,15H,8H2,1-4H3,(H2,14,17). The zero-order valence-electron chi connectivity index (χ0n) is 10.9. The second kappa shape index (κ2) is 5.98. The molecule has 3 nitrogen and oxygen atoms in total. The van der Waals surface area contributed by atoms with Gasteiger partial charge in [0.05, 0.1) is 0 Å². The molecule has 17 heavy (non-hydrogen) atoms. The van der Waals surface area contributed by atoms with Crippen molar-refractivity contribution in [1.29, 1.82) is 0 Å². The lowest BCUT2D eigenvalue weighted by molar-refractivity contribution is 0.392. The summed E-state index contributed by atoms with van der Waals surface area (Å²) in [6.07, 6.45) is 0. The van der Waals surface area contributed by atoms with Gasteiger partial charge in [0.1, 0.15) is 4.99 Å². The summed E-state index contributed by atoms with van der Waals surface area (Å²) in [5.74, 6) is 0. The number of anilines is 1. The third kappa shape index (κ3) is 4.32. The van der Waals surface area contributed by atoms with Crippen LogP contribution in [0.2, 0.25) is 0 Å². The number of hydrogen-bond donors (Lipinski definition) is 2. The van der Waals surface area contributed by atoms with Gasteiger partial charge in [-0.15, -0.1) is 0 Å². The zero-order valence-corrected chi connectivity index (χ0v) is 11.8. The molecule has 94 valence electrons. The first-order chi connectivity index (χ1) is 7.90. The van der Waals surface area contributed by atoms with E-state index in [9.17, 15) is 0 Å². The summed E-state index contributed by atoms with van der Waals surface area (Å²) in [4.78, 5) is 2.58. The Morgan fingerprint density at radius 3 is 2.65 bits per heavy atom. The molecule has 0 aliphatic rings. The van der Waals surface area contributed by atoms with E-state index in [1.165, 1.54) is 5.56 Å². The fourth-order valence-corrected chi connectivity index (χ4v) is 2.03. The van der Waals surface area contributed by atoms with Crippen LogP contribution in [0, 0.1) is 6.92 Å². The highest BCUT2D eigenvalue weighted by molar-refractivity contribution is 7.80. The molecule has 3 N–H and O–H groups in total. The number of nitrogens with two attached hydrogens (primary N) is 1. The van der Waals surface area contributed by atoms with Crippen molar-refractivity contribution in [2.75, 3.05) is 26.0 Å². The molecule has 0 bridgehead atoms. The van der Waals surface area contributed by atoms with Crippen LogP contribution in [-0.2, 0) is 0 Å². The number of aryl methyl sites for hydroxylation is 1. The maximum absolute atomic E-state index is 5.72. The van der Waals surface area contributed by atoms with Crippen molar-refractivity contribution < 1.29 is 0 Å². The molecule has 0 saturated carbocycles. The summed E-state index contributed by atoms with van der Waals surface area (Å²) in [5, 5.41) is 3.45. The van der Waals surface area contributed by atoms with Gasteiger partial charge in [0.25, 0.3) is 0 Å². The van der Waals surface area contributed by atoms with E-state index < -0.39 is 0 Å². The highest BCUT2D eigenvalue weighted by atomic mass is 32.1. The first-order valence-corrected chi connectivity index (χ1v) is 6.12. The van der Waals surface area contributed by atoms with Crippen LogP contribution in [0.1, 0.15) is 18.1 Å². The Morgan fingerprint density at radius 1 is 1.47 bits per heavy atom. The molecule has 0 amide bonds. The molecular formula is C13H21N3S. The van der Waals surface area contributed by atoms with Crippen molar-refractivity contribution in [3.8, 4) is 0 Å². The molecule has 0 aliphatic carbocycles. The van der Waals surface area contributed by atoms with Gasteiger partial charge in [-0.05, 0) is 45.6 Å². The predicted octanol–water partition coefficient (Wildman–Crippen LogP) is 1.99. The molecule has 1 rings (SSSR count). The molecule has 0 spiro atoms. The Hall–Kier alpha value is -1.13. The molecule has 0 heterocycles. The number of likely N-dealkylation sites (N-methyl/N-ethyl adjacent to an activating group) is 1. The van der Waals surface area contributed by atoms with Crippen LogP contribution in [0.25, 0.3) is 0 Å². The van der Waals surface area contributed by atoms with Gasteiger partial charge < -0.3 is 16.0 Å². The lowest BCUT2D eigenvalue weighted by Crippen LogP contribution is -2.30. The number of nitrogens with zero attached hydrogens (tertiary/aromatic N) is 1. The number of benzene rings is 1. The van der Waals surface area contributed by atoms with Gasteiger partial charge in [-0.1, -0.05) is 18.3 Å². The summed E-state index contributed by atoms with van der Waals surface area (Å²) in [5.41, 5.74) is 8.85. The minimum absolute atomic E-state index is 0.347. The van der Waals surface area contributed by atoms with Crippen LogP contribution >= 0.6 is 12.2 Å². The molecule has 1 aromatic rings. The van der Waals surface area contributed by atoms with E-state index in [1.54, 1.807) is 0 Å². The van der Waals surface area contributed by atoms with E-state index in [0.29, 0.717) is 11.0 Å². The van der Waals surface area contributed by atoms with Gasteiger partial charge in [0, 0.05) is 23.8 Å². The fraction of sp³-hybridized carbons (Fsp3) is 0.462. The predicted molar refractivity (Wildman–Crippen MR) is 78.7 cm³/mol. The maximum atomic E-state index is 5.72. The first-order valence-electron chi connectivity index (χ1n) is 5.72. The monoisotopic (exact) mass is 251 g/mol. The van der Waals surface area contributed by atoms with Gasteiger partial charge in [-0.3, -0.25) is 0 Å². The van der Waals surface area contributed by atoms with Crippen molar-refractivity contribution in [2.24, 2.45) is 5.73 Å². The lowest BCUT2D eigenvalue weighted by Gasteiger charge is -2.21. The first kappa shape index (κ1) is 13.9. The van der Waals surface area contributed by atoms with Crippen LogP contribution in [0.5, 0.6) is 0 Å². The summed E-state index contributed by atoms with van der Waals surface area (Å²) in [6, 6.07) is 6.43. The molecular weight excluding hydrogens is 230 g/mol. The largest absolute Gasteiger partial charge is 0.389 e. The van der Waals surface area contributed by atoms with Crippen molar-refractivity contribution in [1.82, 2.24) is 4.90 Å². The highest BCUT2D eigenvalue weighted by Crippen LogP contribution is 2.18. The second-order valence-electron chi connectivity index (χ2n) is 4.72. The number of nitrogens with one attached hydrogen (secondary N) is 1. The van der Waals surface area contributed by atoms with Crippen LogP contribution in [0.15, 0.2) is 18.2 Å². The van der Waals surface area contributed by atoms with Gasteiger partial charge >= 0.3 is 0 Å². The quantitative estimate of drug-likeness (QED) is 0.785. The SMILES string of the molecule is Cc1ccc(C(N)=S)c(NC(C)CN(C)C)c1. The summed E-state index contributed by atoms with van der Waals surface area (Å²) in [6.45, 7) is 5.17. The number of rotatable bonds is 5. The van der Waals surface area contributed by atoms with Crippen molar-refractivity contribution in [3.05, 3.63) is 29.3 Å². The van der Waals surface area contributed by atoms with E-state index in [-0.39, 0.29) is 0 Å². The second-order valence-corrected chi connectivity index (χ2v) is 5.16. The van der Waals surface area contributed by atoms with Crippen molar-refractivity contribution in [3.63, 3.8) is 0 Å². The lowest BCUT2D eigenvalue weighted by atomic mass is 10.1. The molecule has 1 aromatic carbocycles. The molecule has 1 atom stereocenters. The van der Waals surface area contributed by atoms with Gasteiger partial charge in [0.15, 0.2) is 0 Å².